The van der Waals surface area contributed by atoms with Gasteiger partial charge in [0.25, 0.3) is 0 Å². The Balaban J connectivity index is 2.58. The molecule has 1 aromatic heterocycles. The van der Waals surface area contributed by atoms with Gasteiger partial charge >= 0.3 is 85.3 Å². The van der Waals surface area contributed by atoms with Crippen LogP contribution >= 0.6 is 0 Å². The van der Waals surface area contributed by atoms with Gasteiger partial charge in [-0.05, 0) is 0 Å². The summed E-state index contributed by atoms with van der Waals surface area (Å²) in [6, 6.07) is 6.26. The normalized spacial score (nSPS) is 10.5. The van der Waals surface area contributed by atoms with Crippen molar-refractivity contribution in [3.05, 3.63) is 36.4 Å². The van der Waals surface area contributed by atoms with E-state index in [4.69, 9.17) is 0 Å². The second-order valence-electron chi connectivity index (χ2n) is 2.92. The standard InChI is InChI=1S/C10H9AsN2/c1-2-3-7-4-5-9-8(6-7)10(11)13-12-9/h2,4-6H,1,3H2,(H,12,13). The molecule has 0 saturated carbocycles. The Morgan fingerprint density at radius 1 is 1.54 bits per heavy atom. The Bertz CT molecular complexity index is 445. The average molecular weight is 232 g/mol. The Morgan fingerprint density at radius 3 is 3.15 bits per heavy atom. The molecule has 2 radical (unpaired) electrons. The Labute approximate surface area is 85.5 Å². The SMILES string of the molecule is C=CCc1ccc2n[nH]c([As])c2c1. The number of hydrogen-bond donors (Lipinski definition) is 1. The summed E-state index contributed by atoms with van der Waals surface area (Å²) in [4.78, 5) is 0. The fraction of sp³-hybridized carbons (Fsp3) is 0.100. The third-order valence-corrected chi connectivity index (χ3v) is 2.69. The van der Waals surface area contributed by atoms with Gasteiger partial charge in [0.2, 0.25) is 0 Å². The van der Waals surface area contributed by atoms with E-state index in [-0.39, 0.29) is 0 Å². The van der Waals surface area contributed by atoms with Crippen molar-refractivity contribution in [3.63, 3.8) is 0 Å². The summed E-state index contributed by atoms with van der Waals surface area (Å²) >= 11 is 2.49. The van der Waals surface area contributed by atoms with Gasteiger partial charge in [0.1, 0.15) is 0 Å². The molecule has 2 aromatic rings. The fourth-order valence-corrected chi connectivity index (χ4v) is 1.82. The van der Waals surface area contributed by atoms with Crippen molar-refractivity contribution in [3.8, 4) is 0 Å². The number of nitrogens with zero attached hydrogens (tertiary/aromatic N) is 1. The van der Waals surface area contributed by atoms with Crippen LogP contribution in [0.25, 0.3) is 10.9 Å². The van der Waals surface area contributed by atoms with Crippen LogP contribution in [0.3, 0.4) is 0 Å². The van der Waals surface area contributed by atoms with Crippen LogP contribution in [0.2, 0.25) is 0 Å². The molecular weight excluding hydrogens is 223 g/mol. The molecule has 3 heteroatoms. The molecule has 64 valence electrons. The zero-order valence-electron chi connectivity index (χ0n) is 7.12. The summed E-state index contributed by atoms with van der Waals surface area (Å²) in [7, 11) is 0. The molecule has 1 N–H and O–H groups in total. The van der Waals surface area contributed by atoms with Crippen LogP contribution in [-0.4, -0.2) is 27.1 Å². The van der Waals surface area contributed by atoms with Gasteiger partial charge in [-0.2, -0.15) is 0 Å². The summed E-state index contributed by atoms with van der Waals surface area (Å²) in [5.41, 5.74) is 2.29. The number of benzene rings is 1. The number of hydrogen-bond acceptors (Lipinski definition) is 1. The summed E-state index contributed by atoms with van der Waals surface area (Å²) < 4.78 is 1.06. The van der Waals surface area contributed by atoms with Gasteiger partial charge in [-0.3, -0.25) is 0 Å². The number of fused-ring (bicyclic) bond motifs is 1. The number of aromatic nitrogens is 2. The third-order valence-electron chi connectivity index (χ3n) is 1.98. The number of aromatic amines is 1. The van der Waals surface area contributed by atoms with E-state index in [2.05, 4.69) is 45.8 Å². The van der Waals surface area contributed by atoms with Crippen molar-refractivity contribution in [2.75, 3.05) is 0 Å². The number of H-pyrrole nitrogens is 1. The maximum absolute atomic E-state index is 4.15. The minimum absolute atomic E-state index is 0.910. The van der Waals surface area contributed by atoms with Crippen molar-refractivity contribution >= 4 is 32.2 Å². The Hall–Kier alpha value is -1.01. The first-order valence-electron chi connectivity index (χ1n) is 4.08. The van der Waals surface area contributed by atoms with Gasteiger partial charge in [-0.1, -0.05) is 0 Å². The zero-order chi connectivity index (χ0) is 9.26. The van der Waals surface area contributed by atoms with Crippen molar-refractivity contribution in [1.29, 1.82) is 0 Å². The molecule has 0 bridgehead atoms. The molecule has 0 amide bonds. The summed E-state index contributed by atoms with van der Waals surface area (Å²) in [5.74, 6) is 0. The zero-order valence-corrected chi connectivity index (χ0v) is 8.99. The first-order valence-corrected chi connectivity index (χ1v) is 5.02. The van der Waals surface area contributed by atoms with Crippen LogP contribution in [0.4, 0.5) is 0 Å². The Kier molecular flexibility index (Phi) is 2.24. The molecule has 0 unspecified atom stereocenters. The van der Waals surface area contributed by atoms with E-state index in [1.807, 2.05) is 12.1 Å². The van der Waals surface area contributed by atoms with Crippen LogP contribution < -0.4 is 4.48 Å². The summed E-state index contributed by atoms with van der Waals surface area (Å²) in [6.45, 7) is 3.72. The second kappa shape index (κ2) is 3.39. The number of nitrogens with one attached hydrogen (secondary N) is 1. The third kappa shape index (κ3) is 1.54. The second-order valence-corrected chi connectivity index (χ2v) is 3.85. The van der Waals surface area contributed by atoms with Gasteiger partial charge in [-0.25, -0.2) is 0 Å². The van der Waals surface area contributed by atoms with Crippen molar-refractivity contribution in [2.24, 2.45) is 0 Å². The van der Waals surface area contributed by atoms with Gasteiger partial charge in [0.15, 0.2) is 0 Å². The molecule has 0 spiro atoms. The van der Waals surface area contributed by atoms with Crippen LogP contribution in [0.5, 0.6) is 0 Å². The molecule has 2 rings (SSSR count). The Morgan fingerprint density at radius 2 is 2.38 bits per heavy atom. The number of allylic oxidation sites excluding steroid dienone is 1. The minimum atomic E-state index is 0.910. The average Bonchev–Trinajstić information content (AvgIpc) is 2.49. The van der Waals surface area contributed by atoms with Gasteiger partial charge < -0.3 is 0 Å². The van der Waals surface area contributed by atoms with Crippen LogP contribution in [0, 0.1) is 0 Å². The van der Waals surface area contributed by atoms with E-state index in [9.17, 15) is 0 Å². The van der Waals surface area contributed by atoms with Gasteiger partial charge in [0.05, 0.1) is 0 Å². The molecule has 13 heavy (non-hydrogen) atoms. The molecule has 1 heterocycles. The molecule has 0 aliphatic rings. The van der Waals surface area contributed by atoms with Crippen molar-refractivity contribution in [1.82, 2.24) is 10.2 Å². The topological polar surface area (TPSA) is 28.7 Å². The monoisotopic (exact) mass is 232 g/mol. The quantitative estimate of drug-likeness (QED) is 0.609. The molecule has 1 aromatic carbocycles. The molecular formula is C10H9AsN2. The predicted molar refractivity (Wildman–Crippen MR) is 55.4 cm³/mol. The van der Waals surface area contributed by atoms with E-state index in [1.165, 1.54) is 10.9 Å². The molecule has 0 aliphatic carbocycles. The van der Waals surface area contributed by atoms with Gasteiger partial charge in [-0.15, -0.1) is 0 Å². The van der Waals surface area contributed by atoms with E-state index in [0.717, 1.165) is 16.4 Å². The summed E-state index contributed by atoms with van der Waals surface area (Å²) in [5, 5.41) is 8.28. The number of rotatable bonds is 2. The van der Waals surface area contributed by atoms with Crippen LogP contribution in [0.15, 0.2) is 30.9 Å². The maximum atomic E-state index is 4.15. The van der Waals surface area contributed by atoms with E-state index < -0.39 is 0 Å². The van der Waals surface area contributed by atoms with Crippen LogP contribution in [-0.2, 0) is 6.42 Å². The van der Waals surface area contributed by atoms with Crippen molar-refractivity contribution < 1.29 is 0 Å². The van der Waals surface area contributed by atoms with E-state index >= 15 is 0 Å². The first kappa shape index (κ1) is 8.58. The molecule has 0 atom stereocenters. The molecule has 2 nitrogen and oxygen atoms in total. The van der Waals surface area contributed by atoms with Crippen molar-refractivity contribution in [2.45, 2.75) is 6.42 Å². The summed E-state index contributed by atoms with van der Waals surface area (Å²) in [6.07, 6.45) is 2.82. The van der Waals surface area contributed by atoms with Crippen LogP contribution in [0.1, 0.15) is 5.56 Å². The molecule has 0 aliphatic heterocycles. The molecule has 0 fully saturated rings. The predicted octanol–water partition coefficient (Wildman–Crippen LogP) is 1.09. The first-order chi connectivity index (χ1) is 6.31. The van der Waals surface area contributed by atoms with E-state index in [0.29, 0.717) is 0 Å². The van der Waals surface area contributed by atoms with E-state index in [1.54, 1.807) is 0 Å². The van der Waals surface area contributed by atoms with Gasteiger partial charge in [0, 0.05) is 0 Å². The molecule has 0 saturated heterocycles. The fourth-order valence-electron chi connectivity index (χ4n) is 1.34.